The second kappa shape index (κ2) is 7.26. The fraction of sp³-hybridized carbons (Fsp3) is 0.500. The van der Waals surface area contributed by atoms with Crippen LogP contribution in [0.1, 0.15) is 40.3 Å². The summed E-state index contributed by atoms with van der Waals surface area (Å²) in [5.41, 5.74) is 4.39. The highest BCUT2D eigenvalue weighted by Gasteiger charge is 2.26. The summed E-state index contributed by atoms with van der Waals surface area (Å²) in [5, 5.41) is 0.947. The fourth-order valence-electron chi connectivity index (χ4n) is 3.26. The van der Waals surface area contributed by atoms with Crippen LogP contribution in [0.4, 0.5) is 0 Å². The maximum Gasteiger partial charge on any atom is 0.265 e. The number of benzene rings is 1. The quantitative estimate of drug-likeness (QED) is 0.836. The highest BCUT2D eigenvalue weighted by molar-refractivity contribution is 7.17. The zero-order valence-corrected chi connectivity index (χ0v) is 16.6. The molecule has 0 bridgehead atoms. The lowest BCUT2D eigenvalue weighted by atomic mass is 10.1. The number of carbonyl (C=O) groups excluding carboxylic acids is 1. The third-order valence-electron chi connectivity index (χ3n) is 4.95. The van der Waals surface area contributed by atoms with E-state index in [4.69, 9.17) is 4.98 Å². The number of aryl methyl sites for hydroxylation is 3. The normalized spacial score (nSPS) is 15.8. The van der Waals surface area contributed by atoms with Crippen LogP contribution in [0.25, 0.3) is 10.6 Å². The predicted molar refractivity (Wildman–Crippen MR) is 104 cm³/mol. The minimum Gasteiger partial charge on any atom is -0.335 e. The predicted octanol–water partition coefficient (Wildman–Crippen LogP) is 3.90. The first-order valence-corrected chi connectivity index (χ1v) is 9.77. The molecule has 1 aliphatic heterocycles. The van der Waals surface area contributed by atoms with Crippen molar-refractivity contribution in [2.75, 3.05) is 26.2 Å². The molecule has 0 atom stereocenters. The first kappa shape index (κ1) is 18.1. The number of hydrogen-bond donors (Lipinski definition) is 0. The van der Waals surface area contributed by atoms with Gasteiger partial charge in [-0.3, -0.25) is 9.69 Å². The molecule has 25 heavy (non-hydrogen) atoms. The van der Waals surface area contributed by atoms with Crippen LogP contribution in [0.2, 0.25) is 0 Å². The van der Waals surface area contributed by atoms with E-state index in [9.17, 15) is 4.79 Å². The molecule has 2 heterocycles. The first-order valence-electron chi connectivity index (χ1n) is 8.95. The van der Waals surface area contributed by atoms with Gasteiger partial charge in [0.05, 0.1) is 5.69 Å². The molecule has 0 aliphatic carbocycles. The van der Waals surface area contributed by atoms with E-state index in [-0.39, 0.29) is 5.91 Å². The Bertz CT molecular complexity index is 773. The van der Waals surface area contributed by atoms with E-state index in [0.717, 1.165) is 47.3 Å². The molecule has 0 spiro atoms. The maximum absolute atomic E-state index is 13.0. The Morgan fingerprint density at radius 3 is 2.44 bits per heavy atom. The van der Waals surface area contributed by atoms with E-state index in [2.05, 4.69) is 50.8 Å². The number of thiazole rings is 1. The maximum atomic E-state index is 13.0. The number of hydrogen-bond acceptors (Lipinski definition) is 4. The minimum absolute atomic E-state index is 0.134. The molecule has 0 N–H and O–H groups in total. The molecule has 1 aromatic heterocycles. The van der Waals surface area contributed by atoms with Crippen molar-refractivity contribution >= 4 is 17.2 Å². The van der Waals surface area contributed by atoms with Crippen LogP contribution in [-0.4, -0.2) is 52.9 Å². The number of nitrogens with zero attached hydrogens (tertiary/aromatic N) is 3. The number of amides is 1. The number of carbonyl (C=O) groups is 1. The summed E-state index contributed by atoms with van der Waals surface area (Å²) in [6, 6.07) is 6.93. The zero-order chi connectivity index (χ0) is 18.1. The Morgan fingerprint density at radius 1 is 1.12 bits per heavy atom. The Kier molecular flexibility index (Phi) is 5.25. The van der Waals surface area contributed by atoms with Gasteiger partial charge in [-0.05, 0) is 46.2 Å². The molecule has 2 aromatic rings. The lowest BCUT2D eigenvalue weighted by molar-refractivity contribution is 0.0599. The van der Waals surface area contributed by atoms with Gasteiger partial charge in [0.2, 0.25) is 0 Å². The summed E-state index contributed by atoms with van der Waals surface area (Å²) in [6.45, 7) is 14.0. The Labute approximate surface area is 154 Å². The van der Waals surface area contributed by atoms with Crippen LogP contribution in [0, 0.1) is 20.8 Å². The van der Waals surface area contributed by atoms with Gasteiger partial charge in [0.1, 0.15) is 9.88 Å². The monoisotopic (exact) mass is 357 g/mol. The Morgan fingerprint density at radius 2 is 1.80 bits per heavy atom. The molecule has 134 valence electrons. The number of piperazine rings is 1. The van der Waals surface area contributed by atoms with E-state index in [1.165, 1.54) is 22.5 Å². The van der Waals surface area contributed by atoms with Crippen molar-refractivity contribution in [2.24, 2.45) is 0 Å². The van der Waals surface area contributed by atoms with E-state index in [0.29, 0.717) is 6.04 Å². The van der Waals surface area contributed by atoms with Gasteiger partial charge >= 0.3 is 0 Å². The van der Waals surface area contributed by atoms with Crippen LogP contribution in [0.15, 0.2) is 18.2 Å². The Hall–Kier alpha value is -1.72. The van der Waals surface area contributed by atoms with Gasteiger partial charge in [-0.2, -0.15) is 0 Å². The molecule has 1 aromatic carbocycles. The van der Waals surface area contributed by atoms with E-state index in [1.54, 1.807) is 0 Å². The van der Waals surface area contributed by atoms with E-state index < -0.39 is 0 Å². The van der Waals surface area contributed by atoms with E-state index >= 15 is 0 Å². The van der Waals surface area contributed by atoms with Crippen LogP contribution in [-0.2, 0) is 0 Å². The molecular formula is C20H27N3OS. The SMILES string of the molecule is Cc1ccc(C)c(-c2nc(C)c(C(=O)N3CCN(C(C)C)CC3)s2)c1. The molecule has 1 fully saturated rings. The highest BCUT2D eigenvalue weighted by atomic mass is 32.1. The zero-order valence-electron chi connectivity index (χ0n) is 15.8. The molecule has 0 radical (unpaired) electrons. The molecule has 0 saturated carbocycles. The topological polar surface area (TPSA) is 36.4 Å². The summed E-state index contributed by atoms with van der Waals surface area (Å²) in [7, 11) is 0. The molecule has 5 heteroatoms. The lowest BCUT2D eigenvalue weighted by Crippen LogP contribution is -2.50. The van der Waals surface area contributed by atoms with Crippen LogP contribution >= 0.6 is 11.3 Å². The second-order valence-electron chi connectivity index (χ2n) is 7.17. The van der Waals surface area contributed by atoms with Crippen molar-refractivity contribution < 1.29 is 4.79 Å². The average Bonchev–Trinajstić information content (AvgIpc) is 2.98. The summed E-state index contributed by atoms with van der Waals surface area (Å²) < 4.78 is 0. The van der Waals surface area contributed by atoms with Gasteiger partial charge in [0.15, 0.2) is 0 Å². The third kappa shape index (κ3) is 3.77. The largest absolute Gasteiger partial charge is 0.335 e. The van der Waals surface area contributed by atoms with Crippen LogP contribution < -0.4 is 0 Å². The standard InChI is InChI=1S/C20H27N3OS/c1-13(2)22-8-10-23(11-9-22)20(24)18-16(5)21-19(25-18)17-12-14(3)6-7-15(17)4/h6-7,12-13H,8-11H2,1-5H3. The molecule has 1 amide bonds. The Balaban J connectivity index is 1.81. The highest BCUT2D eigenvalue weighted by Crippen LogP contribution is 2.31. The summed E-state index contributed by atoms with van der Waals surface area (Å²) in [5.74, 6) is 0.134. The van der Waals surface area contributed by atoms with Crippen molar-refractivity contribution in [3.8, 4) is 10.6 Å². The molecule has 0 unspecified atom stereocenters. The molecule has 3 rings (SSSR count). The molecular weight excluding hydrogens is 330 g/mol. The van der Waals surface area contributed by atoms with Crippen molar-refractivity contribution in [2.45, 2.75) is 40.7 Å². The summed E-state index contributed by atoms with van der Waals surface area (Å²) >= 11 is 1.53. The van der Waals surface area contributed by atoms with Gasteiger partial charge in [0, 0.05) is 37.8 Å². The van der Waals surface area contributed by atoms with E-state index in [1.807, 2.05) is 11.8 Å². The van der Waals surface area contributed by atoms with Crippen LogP contribution in [0.3, 0.4) is 0 Å². The van der Waals surface area contributed by atoms with Gasteiger partial charge in [-0.25, -0.2) is 4.98 Å². The fourth-order valence-corrected chi connectivity index (χ4v) is 4.38. The molecule has 1 saturated heterocycles. The molecule has 1 aliphatic rings. The minimum atomic E-state index is 0.134. The van der Waals surface area contributed by atoms with Gasteiger partial charge in [-0.15, -0.1) is 11.3 Å². The van der Waals surface area contributed by atoms with Crippen molar-refractivity contribution in [3.05, 3.63) is 39.9 Å². The molecule has 4 nitrogen and oxygen atoms in total. The van der Waals surface area contributed by atoms with Crippen molar-refractivity contribution in [3.63, 3.8) is 0 Å². The second-order valence-corrected chi connectivity index (χ2v) is 8.17. The third-order valence-corrected chi connectivity index (χ3v) is 6.12. The van der Waals surface area contributed by atoms with Crippen LogP contribution in [0.5, 0.6) is 0 Å². The van der Waals surface area contributed by atoms with Gasteiger partial charge in [-0.1, -0.05) is 17.7 Å². The number of aromatic nitrogens is 1. The average molecular weight is 358 g/mol. The van der Waals surface area contributed by atoms with Crippen molar-refractivity contribution in [1.82, 2.24) is 14.8 Å². The smallest absolute Gasteiger partial charge is 0.265 e. The number of rotatable bonds is 3. The summed E-state index contributed by atoms with van der Waals surface area (Å²) in [4.78, 5) is 22.9. The lowest BCUT2D eigenvalue weighted by Gasteiger charge is -2.36. The first-order chi connectivity index (χ1) is 11.9. The van der Waals surface area contributed by atoms with Gasteiger partial charge in [0.25, 0.3) is 5.91 Å². The summed E-state index contributed by atoms with van der Waals surface area (Å²) in [6.07, 6.45) is 0. The van der Waals surface area contributed by atoms with Gasteiger partial charge < -0.3 is 4.90 Å². The van der Waals surface area contributed by atoms with Crippen molar-refractivity contribution in [1.29, 1.82) is 0 Å².